The third-order valence-electron chi connectivity index (χ3n) is 5.74. The van der Waals surface area contributed by atoms with Crippen LogP contribution in [-0.2, 0) is 27.2 Å². The number of carbonyl (C=O) groups is 3. The number of hydrogen-bond acceptors (Lipinski definition) is 4. The molecule has 0 bridgehead atoms. The highest BCUT2D eigenvalue weighted by molar-refractivity contribution is 6.18. The molecule has 2 atom stereocenters. The molecule has 2 aromatic rings. The van der Waals surface area contributed by atoms with Gasteiger partial charge in [-0.1, -0.05) is 32.0 Å². The summed E-state index contributed by atoms with van der Waals surface area (Å²) in [6, 6.07) is 11.0. The van der Waals surface area contributed by atoms with Crippen molar-refractivity contribution in [3.8, 4) is 0 Å². The number of carbonyl (C=O) groups excluding carboxylic acids is 3. The van der Waals surface area contributed by atoms with E-state index in [1.807, 2.05) is 32.0 Å². The second-order valence-electron chi connectivity index (χ2n) is 7.81. The molecule has 170 valence electrons. The molecule has 3 rings (SSSR count). The van der Waals surface area contributed by atoms with E-state index in [-0.39, 0.29) is 36.7 Å². The molecule has 0 radical (unpaired) electrons. The molecule has 1 aliphatic heterocycles. The predicted octanol–water partition coefficient (Wildman–Crippen LogP) is 4.73. The number of alkyl halides is 1. The Kier molecular flexibility index (Phi) is 8.02. The van der Waals surface area contributed by atoms with Gasteiger partial charge in [-0.3, -0.25) is 14.4 Å². The minimum absolute atomic E-state index is 0.0262. The number of nitrogens with zero attached hydrogens (tertiary/aromatic N) is 1. The van der Waals surface area contributed by atoms with Gasteiger partial charge in [-0.2, -0.15) is 0 Å². The number of aryl methyl sites for hydroxylation is 2. The summed E-state index contributed by atoms with van der Waals surface area (Å²) in [4.78, 5) is 40.2. The molecular weight excluding hydrogens is 433 g/mol. The third kappa shape index (κ3) is 5.18. The summed E-state index contributed by atoms with van der Waals surface area (Å²) in [5, 5.41) is 0. The molecule has 0 unspecified atom stereocenters. The summed E-state index contributed by atoms with van der Waals surface area (Å²) in [6.07, 6.45) is 0.618. The van der Waals surface area contributed by atoms with Gasteiger partial charge in [-0.25, -0.2) is 4.39 Å². The van der Waals surface area contributed by atoms with Crippen LogP contribution in [-0.4, -0.2) is 36.2 Å². The molecule has 32 heavy (non-hydrogen) atoms. The van der Waals surface area contributed by atoms with E-state index >= 15 is 0 Å². The van der Waals surface area contributed by atoms with E-state index in [4.69, 9.17) is 16.3 Å². The van der Waals surface area contributed by atoms with E-state index in [9.17, 15) is 18.8 Å². The highest BCUT2D eigenvalue weighted by Gasteiger charge is 2.39. The zero-order valence-electron chi connectivity index (χ0n) is 18.3. The maximum Gasteiger partial charge on any atom is 0.312 e. The van der Waals surface area contributed by atoms with Gasteiger partial charge in [0.25, 0.3) is 0 Å². The van der Waals surface area contributed by atoms with Gasteiger partial charge in [0.1, 0.15) is 5.82 Å². The highest BCUT2D eigenvalue weighted by Crippen LogP contribution is 2.33. The van der Waals surface area contributed by atoms with Crippen molar-refractivity contribution in [3.05, 3.63) is 65.0 Å². The second-order valence-corrected chi connectivity index (χ2v) is 8.19. The topological polar surface area (TPSA) is 63.7 Å². The fraction of sp³-hybridized carbons (Fsp3) is 0.400. The average molecular weight is 460 g/mol. The number of halogens is 2. The Hall–Kier alpha value is -2.73. The molecular formula is C25H27ClFNO4. The van der Waals surface area contributed by atoms with Crippen molar-refractivity contribution in [2.24, 2.45) is 5.92 Å². The van der Waals surface area contributed by atoms with Crippen LogP contribution in [0, 0.1) is 11.7 Å². The number of Topliss-reactive ketones (excluding diaryl/α,β-unsaturated/α-hetero) is 1. The van der Waals surface area contributed by atoms with E-state index in [0.29, 0.717) is 0 Å². The van der Waals surface area contributed by atoms with Gasteiger partial charge in [0.05, 0.1) is 5.92 Å². The van der Waals surface area contributed by atoms with Gasteiger partial charge in [-0.15, -0.1) is 11.6 Å². The van der Waals surface area contributed by atoms with Crippen LogP contribution in [0.1, 0.15) is 48.2 Å². The average Bonchev–Trinajstić information content (AvgIpc) is 3.19. The molecule has 1 heterocycles. The van der Waals surface area contributed by atoms with Crippen molar-refractivity contribution < 1.29 is 23.5 Å². The van der Waals surface area contributed by atoms with Crippen LogP contribution < -0.4 is 4.90 Å². The number of hydrogen-bond donors (Lipinski definition) is 0. The summed E-state index contributed by atoms with van der Waals surface area (Å²) in [6.45, 7) is 4.27. The minimum atomic E-state index is -1.08. The standard InChI is InChI=1S/C25H27ClFNO4/c1-3-16-6-5-7-17(4-2)23(16)28-15-19(14-22(28)29)25(31)32-21(12-13-26)24(30)18-8-10-20(27)11-9-18/h5-11,19,21H,3-4,12-15H2,1-2H3/t19-,21-/m0/s1. The molecule has 5 nitrogen and oxygen atoms in total. The molecule has 0 spiro atoms. The molecule has 0 aliphatic carbocycles. The fourth-order valence-corrected chi connectivity index (χ4v) is 4.22. The van der Waals surface area contributed by atoms with Crippen LogP contribution in [0.25, 0.3) is 0 Å². The second kappa shape index (κ2) is 10.7. The Labute approximate surface area is 192 Å². The molecule has 1 fully saturated rings. The van der Waals surface area contributed by atoms with Crippen molar-refractivity contribution in [2.75, 3.05) is 17.3 Å². The number of esters is 1. The first-order valence-electron chi connectivity index (χ1n) is 10.9. The lowest BCUT2D eigenvalue weighted by Gasteiger charge is -2.23. The van der Waals surface area contributed by atoms with Crippen molar-refractivity contribution in [1.29, 1.82) is 0 Å². The summed E-state index contributed by atoms with van der Waals surface area (Å²) >= 11 is 5.82. The number of amides is 1. The van der Waals surface area contributed by atoms with Crippen molar-refractivity contribution in [3.63, 3.8) is 0 Å². The lowest BCUT2D eigenvalue weighted by atomic mass is 10.0. The van der Waals surface area contributed by atoms with Gasteiger partial charge >= 0.3 is 5.97 Å². The van der Waals surface area contributed by atoms with Gasteiger partial charge in [0.15, 0.2) is 6.10 Å². The number of benzene rings is 2. The molecule has 1 aliphatic rings. The zero-order chi connectivity index (χ0) is 23.3. The lowest BCUT2D eigenvalue weighted by Crippen LogP contribution is -2.33. The quantitative estimate of drug-likeness (QED) is 0.309. The van der Waals surface area contributed by atoms with Crippen LogP contribution in [0.2, 0.25) is 0 Å². The number of ketones is 1. The van der Waals surface area contributed by atoms with Gasteiger partial charge in [0.2, 0.25) is 11.7 Å². The minimum Gasteiger partial charge on any atom is -0.454 e. The first-order chi connectivity index (χ1) is 15.4. The van der Waals surface area contributed by atoms with E-state index < -0.39 is 29.6 Å². The fourth-order valence-electron chi connectivity index (χ4n) is 4.02. The van der Waals surface area contributed by atoms with E-state index in [1.54, 1.807) is 4.90 Å². The molecule has 1 saturated heterocycles. The van der Waals surface area contributed by atoms with Crippen LogP contribution in [0.15, 0.2) is 42.5 Å². The number of rotatable bonds is 9. The van der Waals surface area contributed by atoms with Crippen LogP contribution >= 0.6 is 11.6 Å². The lowest BCUT2D eigenvalue weighted by molar-refractivity contribution is -0.151. The van der Waals surface area contributed by atoms with E-state index in [0.717, 1.165) is 29.7 Å². The Morgan fingerprint density at radius 2 is 1.75 bits per heavy atom. The summed E-state index contributed by atoms with van der Waals surface area (Å²) < 4.78 is 18.7. The van der Waals surface area contributed by atoms with Crippen molar-refractivity contribution in [2.45, 2.75) is 45.6 Å². The monoisotopic (exact) mass is 459 g/mol. The first kappa shape index (κ1) is 23.9. The molecule has 2 aromatic carbocycles. The van der Waals surface area contributed by atoms with Crippen molar-refractivity contribution >= 4 is 34.9 Å². The third-order valence-corrected chi connectivity index (χ3v) is 5.96. The molecule has 1 amide bonds. The molecule has 0 aromatic heterocycles. The Morgan fingerprint density at radius 1 is 1.12 bits per heavy atom. The summed E-state index contributed by atoms with van der Waals surface area (Å²) in [5.41, 5.74) is 3.22. The summed E-state index contributed by atoms with van der Waals surface area (Å²) in [7, 11) is 0. The van der Waals surface area contributed by atoms with Crippen LogP contribution in [0.5, 0.6) is 0 Å². The largest absolute Gasteiger partial charge is 0.454 e. The summed E-state index contributed by atoms with van der Waals surface area (Å²) in [5.74, 6) is -2.19. The number of ether oxygens (including phenoxy) is 1. The maximum absolute atomic E-state index is 13.2. The van der Waals surface area contributed by atoms with Gasteiger partial charge < -0.3 is 9.64 Å². The normalized spacial score (nSPS) is 16.8. The maximum atomic E-state index is 13.2. The molecule has 0 saturated carbocycles. The number of anilines is 1. The highest BCUT2D eigenvalue weighted by atomic mass is 35.5. The Balaban J connectivity index is 1.76. The van der Waals surface area contributed by atoms with Crippen molar-refractivity contribution in [1.82, 2.24) is 0 Å². The van der Waals surface area contributed by atoms with Crippen LogP contribution in [0.4, 0.5) is 10.1 Å². The predicted molar refractivity (Wildman–Crippen MR) is 122 cm³/mol. The van der Waals surface area contributed by atoms with Gasteiger partial charge in [-0.05, 0) is 48.2 Å². The first-order valence-corrected chi connectivity index (χ1v) is 11.4. The number of para-hydroxylation sites is 1. The van der Waals surface area contributed by atoms with E-state index in [2.05, 4.69) is 0 Å². The Morgan fingerprint density at radius 3 is 2.31 bits per heavy atom. The molecule has 0 N–H and O–H groups in total. The zero-order valence-corrected chi connectivity index (χ0v) is 19.0. The van der Waals surface area contributed by atoms with E-state index in [1.165, 1.54) is 24.3 Å². The smallest absolute Gasteiger partial charge is 0.312 e. The molecule has 7 heteroatoms. The SMILES string of the molecule is CCc1cccc(CC)c1N1C[C@@H](C(=O)O[C@@H](CCCl)C(=O)c2ccc(F)cc2)CC1=O. The van der Waals surface area contributed by atoms with Crippen LogP contribution in [0.3, 0.4) is 0 Å². The Bertz CT molecular complexity index is 970. The van der Waals surface area contributed by atoms with Gasteiger partial charge in [0, 0.05) is 36.5 Å².